The first kappa shape index (κ1) is 22.3. The molecule has 1 saturated heterocycles. The number of halogens is 1. The number of nitrogens with one attached hydrogen (secondary N) is 2. The van der Waals surface area contributed by atoms with E-state index in [0.717, 1.165) is 50.0 Å². The smallest absolute Gasteiger partial charge is 0.312 e. The third-order valence-electron chi connectivity index (χ3n) is 4.91. The van der Waals surface area contributed by atoms with Gasteiger partial charge in [-0.3, -0.25) is 4.79 Å². The minimum atomic E-state index is -0.606. The second-order valence-electron chi connectivity index (χ2n) is 6.90. The molecule has 0 bridgehead atoms. The predicted octanol–water partition coefficient (Wildman–Crippen LogP) is 2.36. The van der Waals surface area contributed by atoms with Crippen LogP contribution in [0.4, 0.5) is 4.79 Å². The highest BCUT2D eigenvalue weighted by molar-refractivity contribution is 5.85. The largest absolute Gasteiger partial charge is 0.352 e. The van der Waals surface area contributed by atoms with Gasteiger partial charge < -0.3 is 21.3 Å². The maximum Gasteiger partial charge on any atom is 0.312 e. The highest BCUT2D eigenvalue weighted by atomic mass is 35.5. The zero-order chi connectivity index (χ0) is 18.2. The van der Waals surface area contributed by atoms with Crippen molar-refractivity contribution in [3.05, 3.63) is 35.4 Å². The Labute approximate surface area is 162 Å². The summed E-state index contributed by atoms with van der Waals surface area (Å²) in [6.07, 6.45) is 3.50. The molecule has 7 heteroatoms. The fourth-order valence-electron chi connectivity index (χ4n) is 3.43. The number of hydrogen-bond acceptors (Lipinski definition) is 3. The zero-order valence-corrected chi connectivity index (χ0v) is 16.5. The van der Waals surface area contributed by atoms with E-state index >= 15 is 0 Å². The lowest BCUT2D eigenvalue weighted by atomic mass is 9.93. The van der Waals surface area contributed by atoms with Crippen LogP contribution in [-0.4, -0.2) is 43.5 Å². The quantitative estimate of drug-likeness (QED) is 0.676. The van der Waals surface area contributed by atoms with Crippen LogP contribution in [0.1, 0.15) is 42.9 Å². The van der Waals surface area contributed by atoms with Crippen molar-refractivity contribution in [2.45, 2.75) is 38.6 Å². The second-order valence-corrected chi connectivity index (χ2v) is 6.90. The summed E-state index contributed by atoms with van der Waals surface area (Å²) >= 11 is 0. The van der Waals surface area contributed by atoms with Gasteiger partial charge >= 0.3 is 6.03 Å². The molecule has 4 N–H and O–H groups in total. The van der Waals surface area contributed by atoms with Crippen LogP contribution >= 0.6 is 12.4 Å². The van der Waals surface area contributed by atoms with Gasteiger partial charge in [0.25, 0.3) is 0 Å². The number of amides is 3. The molecule has 3 amide bonds. The Morgan fingerprint density at radius 2 is 2.00 bits per heavy atom. The molecule has 26 heavy (non-hydrogen) atoms. The summed E-state index contributed by atoms with van der Waals surface area (Å²) in [6, 6.07) is 6.83. The lowest BCUT2D eigenvalue weighted by molar-refractivity contribution is -0.133. The maximum absolute atomic E-state index is 12.7. The molecule has 1 fully saturated rings. The second kappa shape index (κ2) is 11.0. The average Bonchev–Trinajstić information content (AvgIpc) is 2.59. The summed E-state index contributed by atoms with van der Waals surface area (Å²) in [4.78, 5) is 26.0. The van der Waals surface area contributed by atoms with Crippen LogP contribution in [0.2, 0.25) is 0 Å². The van der Waals surface area contributed by atoms with E-state index in [1.54, 1.807) is 0 Å². The molecule has 1 unspecified atom stereocenters. The predicted molar refractivity (Wildman–Crippen MR) is 106 cm³/mol. The number of hydrogen-bond donors (Lipinski definition) is 3. The van der Waals surface area contributed by atoms with Crippen LogP contribution in [0, 0.1) is 12.8 Å². The molecular formula is C19H31ClN4O2. The number of piperidine rings is 1. The lowest BCUT2D eigenvalue weighted by Crippen LogP contribution is -2.42. The van der Waals surface area contributed by atoms with Crippen LogP contribution in [0.25, 0.3) is 0 Å². The van der Waals surface area contributed by atoms with Crippen molar-refractivity contribution in [3.8, 4) is 0 Å². The first-order chi connectivity index (χ1) is 12.0. The van der Waals surface area contributed by atoms with Crippen LogP contribution in [0.3, 0.4) is 0 Å². The maximum atomic E-state index is 12.7. The minimum absolute atomic E-state index is 0. The van der Waals surface area contributed by atoms with E-state index < -0.39 is 6.03 Å². The first-order valence-corrected chi connectivity index (χ1v) is 9.04. The Bertz CT molecular complexity index is 589. The van der Waals surface area contributed by atoms with Gasteiger partial charge in [0.05, 0.1) is 12.5 Å². The van der Waals surface area contributed by atoms with E-state index in [-0.39, 0.29) is 30.8 Å². The zero-order valence-electron chi connectivity index (χ0n) is 15.7. The van der Waals surface area contributed by atoms with Crippen LogP contribution in [-0.2, 0) is 4.79 Å². The van der Waals surface area contributed by atoms with E-state index in [1.807, 2.05) is 43.1 Å². The fraction of sp³-hybridized carbons (Fsp3) is 0.579. The third kappa shape index (κ3) is 6.84. The molecule has 0 saturated carbocycles. The molecule has 0 aliphatic carbocycles. The molecule has 1 aromatic rings. The van der Waals surface area contributed by atoms with E-state index in [9.17, 15) is 9.59 Å². The van der Waals surface area contributed by atoms with E-state index in [4.69, 9.17) is 5.73 Å². The molecule has 2 rings (SSSR count). The van der Waals surface area contributed by atoms with Gasteiger partial charge in [0, 0.05) is 13.1 Å². The Balaban J connectivity index is 0.00000338. The number of benzene rings is 1. The third-order valence-corrected chi connectivity index (χ3v) is 4.91. The van der Waals surface area contributed by atoms with Crippen molar-refractivity contribution in [1.29, 1.82) is 0 Å². The SMILES string of the molecule is CNCCC1CCN(C(=O)CC(NC(N)=O)c2cccc(C)c2)CC1.Cl. The summed E-state index contributed by atoms with van der Waals surface area (Å²) in [5, 5.41) is 5.90. The molecule has 1 aromatic carbocycles. The summed E-state index contributed by atoms with van der Waals surface area (Å²) in [6.45, 7) is 4.60. The highest BCUT2D eigenvalue weighted by Gasteiger charge is 2.25. The Morgan fingerprint density at radius 1 is 1.31 bits per heavy atom. The van der Waals surface area contributed by atoms with E-state index in [1.165, 1.54) is 0 Å². The van der Waals surface area contributed by atoms with Crippen molar-refractivity contribution in [2.75, 3.05) is 26.7 Å². The molecule has 146 valence electrons. The number of primary amides is 1. The molecule has 1 aliphatic heterocycles. The number of rotatable bonds is 7. The van der Waals surface area contributed by atoms with Gasteiger partial charge in [-0.25, -0.2) is 4.79 Å². The standard InChI is InChI=1S/C19H30N4O2.ClH/c1-14-4-3-5-16(12-14)17(22-19(20)25)13-18(24)23-10-7-15(8-11-23)6-9-21-2;/h3-5,12,15,17,21H,6-11,13H2,1-2H3,(H3,20,22,25);1H. The molecule has 1 atom stereocenters. The highest BCUT2D eigenvalue weighted by Crippen LogP contribution is 2.23. The summed E-state index contributed by atoms with van der Waals surface area (Å²) in [5.74, 6) is 0.764. The number of carbonyl (C=O) groups is 2. The van der Waals surface area contributed by atoms with Gasteiger partial charge in [0.15, 0.2) is 0 Å². The van der Waals surface area contributed by atoms with E-state index in [0.29, 0.717) is 5.92 Å². The summed E-state index contributed by atoms with van der Waals surface area (Å²) in [7, 11) is 1.97. The first-order valence-electron chi connectivity index (χ1n) is 9.04. The molecular weight excluding hydrogens is 352 g/mol. The topological polar surface area (TPSA) is 87.5 Å². The normalized spacial score (nSPS) is 15.8. The van der Waals surface area contributed by atoms with E-state index in [2.05, 4.69) is 10.6 Å². The van der Waals surface area contributed by atoms with Crippen molar-refractivity contribution in [2.24, 2.45) is 11.7 Å². The monoisotopic (exact) mass is 382 g/mol. The number of likely N-dealkylation sites (tertiary alicyclic amines) is 1. The van der Waals surface area contributed by atoms with Crippen molar-refractivity contribution < 1.29 is 9.59 Å². The molecule has 0 aromatic heterocycles. The van der Waals surface area contributed by atoms with Crippen LogP contribution in [0.5, 0.6) is 0 Å². The average molecular weight is 383 g/mol. The Kier molecular flexibility index (Phi) is 9.44. The summed E-state index contributed by atoms with van der Waals surface area (Å²) in [5.41, 5.74) is 7.31. The molecule has 0 radical (unpaired) electrons. The molecule has 1 heterocycles. The lowest BCUT2D eigenvalue weighted by Gasteiger charge is -2.33. The van der Waals surface area contributed by atoms with Gasteiger partial charge in [-0.15, -0.1) is 12.4 Å². The number of carbonyl (C=O) groups excluding carboxylic acids is 2. The molecule has 6 nitrogen and oxygen atoms in total. The molecule has 0 spiro atoms. The Morgan fingerprint density at radius 3 is 2.58 bits per heavy atom. The summed E-state index contributed by atoms with van der Waals surface area (Å²) < 4.78 is 0. The van der Waals surface area contributed by atoms with Crippen LogP contribution < -0.4 is 16.4 Å². The van der Waals surface area contributed by atoms with Crippen molar-refractivity contribution >= 4 is 24.3 Å². The van der Waals surface area contributed by atoms with Crippen molar-refractivity contribution in [1.82, 2.24) is 15.5 Å². The van der Waals surface area contributed by atoms with Gasteiger partial charge in [0.1, 0.15) is 0 Å². The van der Waals surface area contributed by atoms with Crippen LogP contribution in [0.15, 0.2) is 24.3 Å². The van der Waals surface area contributed by atoms with Crippen molar-refractivity contribution in [3.63, 3.8) is 0 Å². The fourth-order valence-corrected chi connectivity index (χ4v) is 3.43. The number of urea groups is 1. The van der Waals surface area contributed by atoms with Gasteiger partial charge in [-0.2, -0.15) is 0 Å². The Hall–Kier alpha value is -1.79. The minimum Gasteiger partial charge on any atom is -0.352 e. The number of nitrogens with zero attached hydrogens (tertiary/aromatic N) is 1. The number of aryl methyl sites for hydroxylation is 1. The molecule has 1 aliphatic rings. The number of nitrogens with two attached hydrogens (primary N) is 1. The van der Waals surface area contributed by atoms with Gasteiger partial charge in [-0.05, 0) is 51.3 Å². The van der Waals surface area contributed by atoms with Gasteiger partial charge in [0.2, 0.25) is 5.91 Å². The van der Waals surface area contributed by atoms with Gasteiger partial charge in [-0.1, -0.05) is 29.8 Å².